The SMILES string of the molecule is CCCCCCCCCOC(=O)c1ccccc1C(=O)OCc1ccc(F)cc1. The van der Waals surface area contributed by atoms with Gasteiger partial charge in [0.05, 0.1) is 17.7 Å². The second-order valence-electron chi connectivity index (χ2n) is 7.01. The molecule has 2 aromatic rings. The van der Waals surface area contributed by atoms with E-state index in [0.717, 1.165) is 19.3 Å². The average Bonchev–Trinajstić information content (AvgIpc) is 2.75. The Morgan fingerprint density at radius 1 is 0.759 bits per heavy atom. The molecule has 0 bridgehead atoms. The number of rotatable bonds is 12. The van der Waals surface area contributed by atoms with Crippen molar-refractivity contribution >= 4 is 11.9 Å². The number of carbonyl (C=O) groups excluding carboxylic acids is 2. The fourth-order valence-corrected chi connectivity index (χ4v) is 2.95. The monoisotopic (exact) mass is 400 g/mol. The predicted molar refractivity (Wildman–Crippen MR) is 110 cm³/mol. The van der Waals surface area contributed by atoms with Crippen LogP contribution in [0.2, 0.25) is 0 Å². The summed E-state index contributed by atoms with van der Waals surface area (Å²) in [5.41, 5.74) is 1.03. The molecule has 156 valence electrons. The highest BCUT2D eigenvalue weighted by Gasteiger charge is 2.19. The minimum absolute atomic E-state index is 0.000522. The Balaban J connectivity index is 1.81. The fourth-order valence-electron chi connectivity index (χ4n) is 2.95. The van der Waals surface area contributed by atoms with E-state index in [0.29, 0.717) is 12.2 Å². The van der Waals surface area contributed by atoms with Gasteiger partial charge in [0.1, 0.15) is 12.4 Å². The zero-order valence-electron chi connectivity index (χ0n) is 17.0. The van der Waals surface area contributed by atoms with Crippen molar-refractivity contribution in [3.05, 3.63) is 71.0 Å². The molecule has 5 heteroatoms. The quantitative estimate of drug-likeness (QED) is 0.319. The molecule has 0 radical (unpaired) electrons. The molecule has 0 saturated carbocycles. The number of hydrogen-bond acceptors (Lipinski definition) is 4. The average molecular weight is 400 g/mol. The van der Waals surface area contributed by atoms with Crippen LogP contribution in [0.1, 0.15) is 78.1 Å². The number of benzene rings is 2. The van der Waals surface area contributed by atoms with Crippen molar-refractivity contribution in [3.63, 3.8) is 0 Å². The Morgan fingerprint density at radius 2 is 1.31 bits per heavy atom. The molecule has 0 aromatic heterocycles. The second kappa shape index (κ2) is 12.7. The molecule has 0 N–H and O–H groups in total. The van der Waals surface area contributed by atoms with Crippen LogP contribution in [0.4, 0.5) is 4.39 Å². The fraction of sp³-hybridized carbons (Fsp3) is 0.417. The summed E-state index contributed by atoms with van der Waals surface area (Å²) in [5.74, 6) is -1.49. The van der Waals surface area contributed by atoms with E-state index in [4.69, 9.17) is 9.47 Å². The summed E-state index contributed by atoms with van der Waals surface area (Å²) >= 11 is 0. The van der Waals surface area contributed by atoms with Crippen LogP contribution in [0.15, 0.2) is 48.5 Å². The lowest BCUT2D eigenvalue weighted by molar-refractivity contribution is 0.0436. The van der Waals surface area contributed by atoms with Crippen LogP contribution in [0.5, 0.6) is 0 Å². The van der Waals surface area contributed by atoms with Gasteiger partial charge in [0.25, 0.3) is 0 Å². The molecule has 0 aliphatic rings. The molecule has 0 heterocycles. The topological polar surface area (TPSA) is 52.6 Å². The minimum atomic E-state index is -0.613. The van der Waals surface area contributed by atoms with Crippen molar-refractivity contribution in [2.24, 2.45) is 0 Å². The van der Waals surface area contributed by atoms with E-state index >= 15 is 0 Å². The van der Waals surface area contributed by atoms with E-state index in [9.17, 15) is 14.0 Å². The molecular weight excluding hydrogens is 371 g/mol. The highest BCUT2D eigenvalue weighted by Crippen LogP contribution is 2.14. The molecule has 0 fully saturated rings. The van der Waals surface area contributed by atoms with Crippen molar-refractivity contribution in [2.45, 2.75) is 58.5 Å². The summed E-state index contributed by atoms with van der Waals surface area (Å²) in [6.07, 6.45) is 7.94. The van der Waals surface area contributed by atoms with E-state index in [1.807, 2.05) is 0 Å². The van der Waals surface area contributed by atoms with Gasteiger partial charge in [-0.1, -0.05) is 69.7 Å². The van der Waals surface area contributed by atoms with E-state index in [1.54, 1.807) is 30.3 Å². The van der Waals surface area contributed by atoms with Crippen LogP contribution >= 0.6 is 0 Å². The van der Waals surface area contributed by atoms with Crippen molar-refractivity contribution in [3.8, 4) is 0 Å². The summed E-state index contributed by atoms with van der Waals surface area (Å²) in [5, 5.41) is 0. The third-order valence-corrected chi connectivity index (χ3v) is 4.63. The van der Waals surface area contributed by atoms with E-state index < -0.39 is 11.9 Å². The lowest BCUT2D eigenvalue weighted by atomic mass is 10.1. The third kappa shape index (κ3) is 8.06. The van der Waals surface area contributed by atoms with Gasteiger partial charge in [-0.15, -0.1) is 0 Å². The van der Waals surface area contributed by atoms with Gasteiger partial charge in [-0.25, -0.2) is 14.0 Å². The van der Waals surface area contributed by atoms with Gasteiger partial charge in [0.2, 0.25) is 0 Å². The van der Waals surface area contributed by atoms with Crippen molar-refractivity contribution < 1.29 is 23.5 Å². The highest BCUT2D eigenvalue weighted by atomic mass is 19.1. The number of carbonyl (C=O) groups is 2. The maximum atomic E-state index is 13.0. The van der Waals surface area contributed by atoms with Crippen molar-refractivity contribution in [1.29, 1.82) is 0 Å². The zero-order valence-corrected chi connectivity index (χ0v) is 17.0. The predicted octanol–water partition coefficient (Wildman–Crippen LogP) is 6.09. The smallest absolute Gasteiger partial charge is 0.339 e. The number of unbranched alkanes of at least 4 members (excludes halogenated alkanes) is 6. The van der Waals surface area contributed by atoms with Gasteiger partial charge >= 0.3 is 11.9 Å². The molecule has 2 aromatic carbocycles. The number of halogens is 1. The number of ether oxygens (including phenoxy) is 2. The van der Waals surface area contributed by atoms with E-state index in [2.05, 4.69) is 6.92 Å². The van der Waals surface area contributed by atoms with Gasteiger partial charge in [-0.3, -0.25) is 0 Å². The first-order valence-electron chi connectivity index (χ1n) is 10.3. The highest BCUT2D eigenvalue weighted by molar-refractivity contribution is 6.03. The van der Waals surface area contributed by atoms with Gasteiger partial charge in [0.15, 0.2) is 0 Å². The third-order valence-electron chi connectivity index (χ3n) is 4.63. The maximum Gasteiger partial charge on any atom is 0.339 e. The zero-order chi connectivity index (χ0) is 20.9. The summed E-state index contributed by atoms with van der Waals surface area (Å²) in [6.45, 7) is 2.53. The van der Waals surface area contributed by atoms with Gasteiger partial charge in [-0.05, 0) is 36.2 Å². The van der Waals surface area contributed by atoms with Crippen LogP contribution in [-0.4, -0.2) is 18.5 Å². The molecule has 0 atom stereocenters. The standard InChI is InChI=1S/C24H29FO4/c1-2-3-4-5-6-7-10-17-28-23(26)21-11-8-9-12-22(21)24(27)29-18-19-13-15-20(25)16-14-19/h8-9,11-16H,2-7,10,17-18H2,1H3. The molecule has 0 spiro atoms. The molecule has 29 heavy (non-hydrogen) atoms. The van der Waals surface area contributed by atoms with E-state index in [1.165, 1.54) is 43.9 Å². The summed E-state index contributed by atoms with van der Waals surface area (Å²) in [6, 6.07) is 12.1. The number of hydrogen-bond donors (Lipinski definition) is 0. The second-order valence-corrected chi connectivity index (χ2v) is 7.01. The van der Waals surface area contributed by atoms with Crippen molar-refractivity contribution in [2.75, 3.05) is 6.61 Å². The molecule has 0 unspecified atom stereocenters. The molecule has 0 aliphatic carbocycles. The van der Waals surface area contributed by atoms with Gasteiger partial charge < -0.3 is 9.47 Å². The molecule has 0 aliphatic heterocycles. The van der Waals surface area contributed by atoms with Crippen LogP contribution in [0.3, 0.4) is 0 Å². The molecule has 4 nitrogen and oxygen atoms in total. The maximum absolute atomic E-state index is 13.0. The first-order valence-corrected chi connectivity index (χ1v) is 10.3. The lowest BCUT2D eigenvalue weighted by Gasteiger charge is -2.10. The largest absolute Gasteiger partial charge is 0.462 e. The Hall–Kier alpha value is -2.69. The Morgan fingerprint density at radius 3 is 1.93 bits per heavy atom. The lowest BCUT2D eigenvalue weighted by Crippen LogP contribution is -2.14. The summed E-state index contributed by atoms with van der Waals surface area (Å²) < 4.78 is 23.6. The molecule has 0 saturated heterocycles. The van der Waals surface area contributed by atoms with Crippen LogP contribution in [0, 0.1) is 5.82 Å². The minimum Gasteiger partial charge on any atom is -0.462 e. The summed E-state index contributed by atoms with van der Waals surface area (Å²) in [4.78, 5) is 24.8. The molecule has 0 amide bonds. The molecule has 2 rings (SSSR count). The van der Waals surface area contributed by atoms with Gasteiger partial charge in [0, 0.05) is 0 Å². The first-order chi connectivity index (χ1) is 14.1. The number of esters is 2. The van der Waals surface area contributed by atoms with Crippen LogP contribution in [0.25, 0.3) is 0 Å². The van der Waals surface area contributed by atoms with Crippen LogP contribution in [-0.2, 0) is 16.1 Å². The van der Waals surface area contributed by atoms with Gasteiger partial charge in [-0.2, -0.15) is 0 Å². The summed E-state index contributed by atoms with van der Waals surface area (Å²) in [7, 11) is 0. The first kappa shape index (κ1) is 22.6. The van der Waals surface area contributed by atoms with Crippen LogP contribution < -0.4 is 0 Å². The van der Waals surface area contributed by atoms with Crippen molar-refractivity contribution in [1.82, 2.24) is 0 Å². The Bertz CT molecular complexity index is 771. The molecular formula is C24H29FO4. The Labute approximate surface area is 172 Å². The Kier molecular flexibility index (Phi) is 9.90. The normalized spacial score (nSPS) is 10.6. The van der Waals surface area contributed by atoms with E-state index in [-0.39, 0.29) is 23.6 Å².